The molecule has 172 valence electrons. The third-order valence-electron chi connectivity index (χ3n) is 5.79. The van der Waals surface area contributed by atoms with E-state index in [9.17, 15) is 13.6 Å². The average molecular weight is 461 g/mol. The van der Waals surface area contributed by atoms with Crippen LogP contribution in [0.2, 0.25) is 0 Å². The number of aryl methyl sites for hydroxylation is 1. The minimum atomic E-state index is -0.713. The second kappa shape index (κ2) is 9.01. The van der Waals surface area contributed by atoms with E-state index in [1.807, 2.05) is 18.3 Å². The van der Waals surface area contributed by atoms with Crippen molar-refractivity contribution in [3.8, 4) is 11.6 Å². The van der Waals surface area contributed by atoms with Crippen molar-refractivity contribution in [3.05, 3.63) is 83.3 Å². The summed E-state index contributed by atoms with van der Waals surface area (Å²) >= 11 is 0. The number of halogens is 2. The van der Waals surface area contributed by atoms with Crippen molar-refractivity contribution in [2.24, 2.45) is 0 Å². The molecule has 1 aromatic carbocycles. The lowest BCUT2D eigenvalue weighted by molar-refractivity contribution is -0.117. The molecule has 1 amide bonds. The molecule has 0 radical (unpaired) electrons. The first-order chi connectivity index (χ1) is 16.5. The molecule has 3 heterocycles. The van der Waals surface area contributed by atoms with Gasteiger partial charge in [0.25, 0.3) is 0 Å². The summed E-state index contributed by atoms with van der Waals surface area (Å²) in [6.07, 6.45) is 8.34. The number of methoxy groups -OCH3 is 1. The van der Waals surface area contributed by atoms with Crippen molar-refractivity contribution in [2.45, 2.75) is 25.3 Å². The molecule has 0 fully saturated rings. The Labute approximate surface area is 194 Å². The molecule has 4 aromatic rings. The largest absolute Gasteiger partial charge is 0.481 e. The molecule has 0 spiro atoms. The van der Waals surface area contributed by atoms with Crippen LogP contribution in [0.4, 0.5) is 8.78 Å². The average Bonchev–Trinajstić information content (AvgIpc) is 3.26. The molecule has 9 heteroatoms. The van der Waals surface area contributed by atoms with Gasteiger partial charge in [0.1, 0.15) is 17.2 Å². The summed E-state index contributed by atoms with van der Waals surface area (Å²) in [7, 11) is 1.57. The van der Waals surface area contributed by atoms with E-state index in [4.69, 9.17) is 9.84 Å². The zero-order valence-electron chi connectivity index (χ0n) is 18.3. The predicted molar refractivity (Wildman–Crippen MR) is 123 cm³/mol. The Morgan fingerprint density at radius 3 is 2.94 bits per heavy atom. The smallest absolute Gasteiger partial charge is 0.244 e. The summed E-state index contributed by atoms with van der Waals surface area (Å²) in [6.45, 7) is 0. The highest BCUT2D eigenvalue weighted by Crippen LogP contribution is 2.25. The van der Waals surface area contributed by atoms with Crippen molar-refractivity contribution in [1.82, 2.24) is 25.1 Å². The van der Waals surface area contributed by atoms with Gasteiger partial charge in [-0.3, -0.25) is 9.78 Å². The molecule has 1 aliphatic rings. The first-order valence-corrected chi connectivity index (χ1v) is 10.8. The number of carbonyl (C=O) groups is 1. The Morgan fingerprint density at radius 1 is 1.24 bits per heavy atom. The SMILES string of the molecule is COc1ccc2nccc(-n3cc4c(n3)CCC(NC(=O)/C=C/c3ccc(F)cc3F)C4)c2n1. The van der Waals surface area contributed by atoms with Crippen LogP contribution in [0, 0.1) is 11.6 Å². The van der Waals surface area contributed by atoms with Gasteiger partial charge in [-0.1, -0.05) is 0 Å². The number of aromatic nitrogens is 4. The zero-order valence-corrected chi connectivity index (χ0v) is 18.3. The second-order valence-electron chi connectivity index (χ2n) is 8.04. The van der Waals surface area contributed by atoms with Crippen molar-refractivity contribution in [2.75, 3.05) is 7.11 Å². The number of carbonyl (C=O) groups excluding carboxylic acids is 1. The Bertz CT molecular complexity index is 1420. The molecular weight excluding hydrogens is 440 g/mol. The highest BCUT2D eigenvalue weighted by molar-refractivity contribution is 5.92. The molecule has 0 saturated carbocycles. The first kappa shape index (κ1) is 21.7. The summed E-state index contributed by atoms with van der Waals surface area (Å²) in [6, 6.07) is 8.63. The maximum Gasteiger partial charge on any atom is 0.244 e. The van der Waals surface area contributed by atoms with Gasteiger partial charge in [0.15, 0.2) is 0 Å². The fourth-order valence-corrected chi connectivity index (χ4v) is 4.10. The molecule has 0 aliphatic heterocycles. The van der Waals surface area contributed by atoms with Crippen LogP contribution < -0.4 is 10.1 Å². The van der Waals surface area contributed by atoms with Gasteiger partial charge in [-0.25, -0.2) is 18.4 Å². The highest BCUT2D eigenvalue weighted by Gasteiger charge is 2.23. The van der Waals surface area contributed by atoms with E-state index in [-0.39, 0.29) is 17.5 Å². The van der Waals surface area contributed by atoms with E-state index in [1.165, 1.54) is 18.2 Å². The molecule has 0 bridgehead atoms. The van der Waals surface area contributed by atoms with Gasteiger partial charge in [0.05, 0.1) is 24.0 Å². The lowest BCUT2D eigenvalue weighted by atomic mass is 9.93. The summed E-state index contributed by atoms with van der Waals surface area (Å²) in [4.78, 5) is 21.3. The Kier molecular flexibility index (Phi) is 5.75. The fraction of sp³-hybridized carbons (Fsp3) is 0.200. The lowest BCUT2D eigenvalue weighted by Gasteiger charge is -2.21. The molecule has 1 N–H and O–H groups in total. The number of amides is 1. The maximum atomic E-state index is 13.8. The number of hydrogen-bond acceptors (Lipinski definition) is 5. The van der Waals surface area contributed by atoms with Crippen molar-refractivity contribution in [1.29, 1.82) is 0 Å². The van der Waals surface area contributed by atoms with Crippen LogP contribution in [0.3, 0.4) is 0 Å². The minimum Gasteiger partial charge on any atom is -0.481 e. The van der Waals surface area contributed by atoms with Gasteiger partial charge in [0.2, 0.25) is 11.8 Å². The Morgan fingerprint density at radius 2 is 2.12 bits per heavy atom. The van der Waals surface area contributed by atoms with E-state index in [0.29, 0.717) is 24.2 Å². The minimum absolute atomic E-state index is 0.0761. The summed E-state index contributed by atoms with van der Waals surface area (Å²) < 4.78 is 33.8. The first-order valence-electron chi connectivity index (χ1n) is 10.8. The van der Waals surface area contributed by atoms with Crippen molar-refractivity contribution in [3.63, 3.8) is 0 Å². The summed E-state index contributed by atoms with van der Waals surface area (Å²) in [5.74, 6) is -1.21. The number of rotatable bonds is 5. The van der Waals surface area contributed by atoms with Gasteiger partial charge in [-0.05, 0) is 55.2 Å². The van der Waals surface area contributed by atoms with Crippen molar-refractivity contribution < 1.29 is 18.3 Å². The van der Waals surface area contributed by atoms with E-state index < -0.39 is 11.6 Å². The second-order valence-corrected chi connectivity index (χ2v) is 8.04. The molecule has 34 heavy (non-hydrogen) atoms. The molecule has 1 atom stereocenters. The maximum absolute atomic E-state index is 13.8. The number of pyridine rings is 2. The van der Waals surface area contributed by atoms with Gasteiger partial charge >= 0.3 is 0 Å². The lowest BCUT2D eigenvalue weighted by Crippen LogP contribution is -2.37. The van der Waals surface area contributed by atoms with Crippen LogP contribution in [0.1, 0.15) is 23.2 Å². The molecule has 1 unspecified atom stereocenters. The van der Waals surface area contributed by atoms with Crippen LogP contribution in [0.25, 0.3) is 22.8 Å². The monoisotopic (exact) mass is 461 g/mol. The van der Waals surface area contributed by atoms with Gasteiger partial charge in [-0.2, -0.15) is 5.10 Å². The molecule has 0 saturated heterocycles. The van der Waals surface area contributed by atoms with Crippen LogP contribution in [0.5, 0.6) is 5.88 Å². The van der Waals surface area contributed by atoms with E-state index in [1.54, 1.807) is 24.1 Å². The Hall–Kier alpha value is -4.14. The number of fused-ring (bicyclic) bond motifs is 2. The molecule has 7 nitrogen and oxygen atoms in total. The number of nitrogens with one attached hydrogen (secondary N) is 1. The Balaban J connectivity index is 1.31. The van der Waals surface area contributed by atoms with Crippen LogP contribution >= 0.6 is 0 Å². The third-order valence-corrected chi connectivity index (χ3v) is 5.79. The predicted octanol–water partition coefficient (Wildman–Crippen LogP) is 3.79. The molecule has 1 aliphatic carbocycles. The van der Waals surface area contributed by atoms with Crippen LogP contribution in [-0.4, -0.2) is 38.8 Å². The third kappa shape index (κ3) is 4.36. The van der Waals surface area contributed by atoms with E-state index in [2.05, 4.69) is 15.3 Å². The number of benzene rings is 1. The molecule has 5 rings (SSSR count). The normalized spacial score (nSPS) is 15.4. The fourth-order valence-electron chi connectivity index (χ4n) is 4.10. The number of ether oxygens (including phenoxy) is 1. The van der Waals surface area contributed by atoms with E-state index in [0.717, 1.165) is 41.0 Å². The standard InChI is InChI=1S/C25H21F2N5O2/c1-34-24-9-7-21-25(30-24)22(10-11-28-21)32-14-16-12-18(5-6-20(16)31-32)29-23(33)8-3-15-2-4-17(26)13-19(15)27/h2-4,7-11,13-14,18H,5-6,12H2,1H3,(H,29,33)/b8-3+. The topological polar surface area (TPSA) is 81.9 Å². The molecule has 3 aromatic heterocycles. The number of hydrogen-bond donors (Lipinski definition) is 1. The summed E-state index contributed by atoms with van der Waals surface area (Å²) in [5, 5.41) is 7.70. The molecular formula is C25H21F2N5O2. The number of nitrogens with zero attached hydrogens (tertiary/aromatic N) is 4. The summed E-state index contributed by atoms with van der Waals surface area (Å²) in [5.41, 5.74) is 4.38. The van der Waals surface area contributed by atoms with Crippen LogP contribution in [-0.2, 0) is 17.6 Å². The van der Waals surface area contributed by atoms with E-state index >= 15 is 0 Å². The van der Waals surface area contributed by atoms with Crippen LogP contribution in [0.15, 0.2) is 54.9 Å². The van der Waals surface area contributed by atoms with Gasteiger partial charge in [0, 0.05) is 42.2 Å². The quantitative estimate of drug-likeness (QED) is 0.458. The van der Waals surface area contributed by atoms with Crippen molar-refractivity contribution >= 4 is 23.0 Å². The zero-order chi connectivity index (χ0) is 23.7. The van der Waals surface area contributed by atoms with Gasteiger partial charge in [-0.15, -0.1) is 0 Å². The highest BCUT2D eigenvalue weighted by atomic mass is 19.1. The van der Waals surface area contributed by atoms with Gasteiger partial charge < -0.3 is 10.1 Å².